The van der Waals surface area contributed by atoms with Gasteiger partial charge in [0.25, 0.3) is 10.2 Å². The summed E-state index contributed by atoms with van der Waals surface area (Å²) in [4.78, 5) is 0. The van der Waals surface area contributed by atoms with Crippen molar-refractivity contribution in [2.75, 3.05) is 13.2 Å². The zero-order chi connectivity index (χ0) is 10.6. The van der Waals surface area contributed by atoms with Crippen molar-refractivity contribution in [1.82, 2.24) is 9.44 Å². The molecule has 1 aliphatic rings. The van der Waals surface area contributed by atoms with Crippen LogP contribution < -0.4 is 9.44 Å². The lowest BCUT2D eigenvalue weighted by atomic mass is 10.2. The lowest BCUT2D eigenvalue weighted by Crippen LogP contribution is -2.43. The van der Waals surface area contributed by atoms with Gasteiger partial charge in [-0.2, -0.15) is 17.9 Å². The zero-order valence-corrected chi connectivity index (χ0v) is 9.43. The molecule has 0 radical (unpaired) electrons. The molecule has 0 amide bonds. The topological polar surface area (TPSA) is 67.4 Å². The van der Waals surface area contributed by atoms with Gasteiger partial charge in [0, 0.05) is 19.2 Å². The Morgan fingerprint density at radius 1 is 1.50 bits per heavy atom. The largest absolute Gasteiger partial charge is 0.377 e. The average molecular weight is 222 g/mol. The van der Waals surface area contributed by atoms with Gasteiger partial charge in [-0.3, -0.25) is 0 Å². The molecule has 14 heavy (non-hydrogen) atoms. The first kappa shape index (κ1) is 11.9. The summed E-state index contributed by atoms with van der Waals surface area (Å²) in [7, 11) is -3.35. The van der Waals surface area contributed by atoms with Gasteiger partial charge in [0.1, 0.15) is 0 Å². The fraction of sp³-hybridized carbons (Fsp3) is 1.00. The minimum absolute atomic E-state index is 0.0405. The van der Waals surface area contributed by atoms with Crippen molar-refractivity contribution in [1.29, 1.82) is 0 Å². The van der Waals surface area contributed by atoms with Gasteiger partial charge < -0.3 is 4.74 Å². The second kappa shape index (κ2) is 5.06. The summed E-state index contributed by atoms with van der Waals surface area (Å²) in [5.74, 6) is 0. The fourth-order valence-electron chi connectivity index (χ4n) is 1.36. The highest BCUT2D eigenvalue weighted by Crippen LogP contribution is 2.10. The number of hydrogen-bond acceptors (Lipinski definition) is 3. The molecule has 84 valence electrons. The average Bonchev–Trinajstić information content (AvgIpc) is 2.50. The van der Waals surface area contributed by atoms with Crippen molar-refractivity contribution < 1.29 is 13.2 Å². The van der Waals surface area contributed by atoms with Crippen molar-refractivity contribution in [3.05, 3.63) is 0 Å². The first-order chi connectivity index (χ1) is 6.49. The number of rotatable bonds is 5. The molecule has 2 N–H and O–H groups in total. The summed E-state index contributed by atoms with van der Waals surface area (Å²) in [5, 5.41) is 0. The summed E-state index contributed by atoms with van der Waals surface area (Å²) in [5.41, 5.74) is 0. The molecule has 1 aliphatic heterocycles. The van der Waals surface area contributed by atoms with Gasteiger partial charge in [-0.15, -0.1) is 0 Å². The summed E-state index contributed by atoms with van der Waals surface area (Å²) in [6, 6.07) is -0.0861. The first-order valence-corrected chi connectivity index (χ1v) is 6.36. The molecule has 0 aromatic heterocycles. The second-order valence-electron chi connectivity index (χ2n) is 3.76. The Balaban J connectivity index is 2.28. The Kier molecular flexibility index (Phi) is 4.31. The van der Waals surface area contributed by atoms with Crippen LogP contribution in [0.3, 0.4) is 0 Å². The van der Waals surface area contributed by atoms with Gasteiger partial charge >= 0.3 is 0 Å². The molecule has 0 aromatic carbocycles. The van der Waals surface area contributed by atoms with Gasteiger partial charge in [0.15, 0.2) is 0 Å². The maximum atomic E-state index is 11.3. The lowest BCUT2D eigenvalue weighted by molar-refractivity contribution is 0.114. The van der Waals surface area contributed by atoms with Crippen LogP contribution in [0.4, 0.5) is 0 Å². The highest BCUT2D eigenvalue weighted by Gasteiger charge is 2.18. The maximum Gasteiger partial charge on any atom is 0.277 e. The van der Waals surface area contributed by atoms with Crippen molar-refractivity contribution in [3.8, 4) is 0 Å². The van der Waals surface area contributed by atoms with Crippen LogP contribution >= 0.6 is 0 Å². The molecule has 1 rings (SSSR count). The minimum Gasteiger partial charge on any atom is -0.377 e. The van der Waals surface area contributed by atoms with E-state index >= 15 is 0 Å². The smallest absolute Gasteiger partial charge is 0.277 e. The van der Waals surface area contributed by atoms with Gasteiger partial charge in [-0.1, -0.05) is 0 Å². The Hall–Kier alpha value is -0.170. The molecule has 6 heteroatoms. The van der Waals surface area contributed by atoms with E-state index in [1.54, 1.807) is 13.8 Å². The summed E-state index contributed by atoms with van der Waals surface area (Å²) >= 11 is 0. The molecule has 0 saturated carbocycles. The molecular formula is C8H18N2O3S. The molecule has 0 bridgehead atoms. The number of hydrogen-bond donors (Lipinski definition) is 2. The van der Waals surface area contributed by atoms with E-state index in [2.05, 4.69) is 9.44 Å². The second-order valence-corrected chi connectivity index (χ2v) is 5.29. The third kappa shape index (κ3) is 4.36. The molecule has 0 aromatic rings. The fourth-order valence-corrected chi connectivity index (χ4v) is 2.47. The Morgan fingerprint density at radius 2 is 2.21 bits per heavy atom. The SMILES string of the molecule is CC(C)NS(=O)(=O)NCC1CCCO1. The van der Waals surface area contributed by atoms with Crippen LogP contribution in [0, 0.1) is 0 Å². The summed E-state index contributed by atoms with van der Waals surface area (Å²) < 4.78 is 32.9. The molecule has 1 unspecified atom stereocenters. The maximum absolute atomic E-state index is 11.3. The van der Waals surface area contributed by atoms with E-state index in [4.69, 9.17) is 4.74 Å². The van der Waals surface area contributed by atoms with Crippen LogP contribution in [0.5, 0.6) is 0 Å². The van der Waals surface area contributed by atoms with Crippen molar-refractivity contribution in [2.45, 2.75) is 38.8 Å². The standard InChI is InChI=1S/C8H18N2O3S/c1-7(2)10-14(11,12)9-6-8-4-3-5-13-8/h7-10H,3-6H2,1-2H3. The quantitative estimate of drug-likeness (QED) is 0.688. The first-order valence-electron chi connectivity index (χ1n) is 4.88. The van der Waals surface area contributed by atoms with Gasteiger partial charge in [0.05, 0.1) is 6.10 Å². The minimum atomic E-state index is -3.35. The van der Waals surface area contributed by atoms with E-state index in [1.807, 2.05) is 0 Å². The van der Waals surface area contributed by atoms with Crippen LogP contribution in [-0.4, -0.2) is 33.7 Å². The molecule has 0 spiro atoms. The van der Waals surface area contributed by atoms with Gasteiger partial charge in [0.2, 0.25) is 0 Å². The highest BCUT2D eigenvalue weighted by molar-refractivity contribution is 7.87. The highest BCUT2D eigenvalue weighted by atomic mass is 32.2. The molecular weight excluding hydrogens is 204 g/mol. The predicted molar refractivity (Wildman–Crippen MR) is 54.2 cm³/mol. The van der Waals surface area contributed by atoms with Crippen molar-refractivity contribution >= 4 is 10.2 Å². The third-order valence-electron chi connectivity index (χ3n) is 1.92. The third-order valence-corrected chi connectivity index (χ3v) is 3.24. The normalized spacial score (nSPS) is 23.2. The van der Waals surface area contributed by atoms with E-state index < -0.39 is 10.2 Å². The van der Waals surface area contributed by atoms with E-state index in [-0.39, 0.29) is 12.1 Å². The molecule has 1 fully saturated rings. The number of nitrogens with one attached hydrogen (secondary N) is 2. The molecule has 0 aliphatic carbocycles. The Labute approximate surface area is 85.4 Å². The zero-order valence-electron chi connectivity index (χ0n) is 8.62. The Morgan fingerprint density at radius 3 is 2.71 bits per heavy atom. The van der Waals surface area contributed by atoms with Crippen LogP contribution in [0.25, 0.3) is 0 Å². The molecule has 1 atom stereocenters. The van der Waals surface area contributed by atoms with Gasteiger partial charge in [-0.25, -0.2) is 0 Å². The molecule has 5 nitrogen and oxygen atoms in total. The molecule has 1 heterocycles. The van der Waals surface area contributed by atoms with Crippen molar-refractivity contribution in [2.24, 2.45) is 0 Å². The van der Waals surface area contributed by atoms with E-state index in [9.17, 15) is 8.42 Å². The summed E-state index contributed by atoms with van der Waals surface area (Å²) in [6.45, 7) is 4.67. The van der Waals surface area contributed by atoms with E-state index in [1.165, 1.54) is 0 Å². The number of ether oxygens (including phenoxy) is 1. The predicted octanol–water partition coefficient (Wildman–Crippen LogP) is -0.00220. The van der Waals surface area contributed by atoms with Crippen LogP contribution in [0.15, 0.2) is 0 Å². The van der Waals surface area contributed by atoms with Crippen molar-refractivity contribution in [3.63, 3.8) is 0 Å². The molecule has 1 saturated heterocycles. The summed E-state index contributed by atoms with van der Waals surface area (Å²) in [6.07, 6.45) is 1.99. The van der Waals surface area contributed by atoms with Crippen LogP contribution in [0.2, 0.25) is 0 Å². The van der Waals surface area contributed by atoms with Crippen LogP contribution in [0.1, 0.15) is 26.7 Å². The van der Waals surface area contributed by atoms with E-state index in [0.717, 1.165) is 19.4 Å². The van der Waals surface area contributed by atoms with E-state index in [0.29, 0.717) is 6.54 Å². The monoisotopic (exact) mass is 222 g/mol. The van der Waals surface area contributed by atoms with Crippen LogP contribution in [-0.2, 0) is 14.9 Å². The Bertz CT molecular complexity index is 258. The van der Waals surface area contributed by atoms with Gasteiger partial charge in [-0.05, 0) is 26.7 Å². The lowest BCUT2D eigenvalue weighted by Gasteiger charge is -2.13.